The van der Waals surface area contributed by atoms with E-state index in [1.807, 2.05) is 62.4 Å². The molecule has 0 atom stereocenters. The Morgan fingerprint density at radius 1 is 1.19 bits per heavy atom. The first-order chi connectivity index (χ1) is 15.0. The molecule has 2 heterocycles. The summed E-state index contributed by atoms with van der Waals surface area (Å²) in [7, 11) is 1.59. The molecule has 158 valence electrons. The van der Waals surface area contributed by atoms with Gasteiger partial charge in [-0.15, -0.1) is 11.3 Å². The monoisotopic (exact) mass is 452 g/mol. The van der Waals surface area contributed by atoms with E-state index in [4.69, 9.17) is 21.1 Å². The Kier molecular flexibility index (Phi) is 6.11. The lowest BCUT2D eigenvalue weighted by Gasteiger charge is -2.09. The fraction of sp³-hybridized carbons (Fsp3) is 0.167. The zero-order valence-electron chi connectivity index (χ0n) is 17.4. The smallest absolute Gasteiger partial charge is 0.260 e. The van der Waals surface area contributed by atoms with Crippen LogP contribution >= 0.6 is 22.9 Å². The average molecular weight is 453 g/mol. The molecule has 0 spiro atoms. The maximum absolute atomic E-state index is 13.0. The van der Waals surface area contributed by atoms with E-state index in [0.29, 0.717) is 39.2 Å². The summed E-state index contributed by atoms with van der Waals surface area (Å²) < 4.78 is 10.9. The molecule has 0 saturated heterocycles. The highest BCUT2D eigenvalue weighted by molar-refractivity contribution is 7.19. The number of H-pyrrole nitrogens is 1. The number of aromatic amines is 1. The van der Waals surface area contributed by atoms with Crippen LogP contribution in [-0.4, -0.2) is 23.7 Å². The predicted octanol–water partition coefficient (Wildman–Crippen LogP) is 6.10. The molecule has 7 heteroatoms. The SMILES string of the molecule is CCOc1ccc(/C=C(\Cl)c2nc3sc(C)c(-c4ccccc4)c3c(=O)[nH]2)cc1OC. The summed E-state index contributed by atoms with van der Waals surface area (Å²) in [5.74, 6) is 1.60. The van der Waals surface area contributed by atoms with Gasteiger partial charge in [-0.3, -0.25) is 4.79 Å². The van der Waals surface area contributed by atoms with E-state index in [2.05, 4.69) is 9.97 Å². The quantitative estimate of drug-likeness (QED) is 0.383. The molecule has 4 aromatic rings. The summed E-state index contributed by atoms with van der Waals surface area (Å²) in [5, 5.41) is 0.919. The first-order valence-electron chi connectivity index (χ1n) is 9.79. The minimum Gasteiger partial charge on any atom is -0.493 e. The molecule has 0 aliphatic carbocycles. The van der Waals surface area contributed by atoms with Crippen molar-refractivity contribution >= 4 is 44.3 Å². The van der Waals surface area contributed by atoms with Gasteiger partial charge in [0.1, 0.15) is 4.83 Å². The molecule has 0 aliphatic heterocycles. The predicted molar refractivity (Wildman–Crippen MR) is 128 cm³/mol. The Hall–Kier alpha value is -3.09. The molecule has 0 unspecified atom stereocenters. The molecular weight excluding hydrogens is 432 g/mol. The molecule has 5 nitrogen and oxygen atoms in total. The first kappa shape index (κ1) is 21.2. The van der Waals surface area contributed by atoms with Crippen molar-refractivity contribution in [2.24, 2.45) is 0 Å². The van der Waals surface area contributed by atoms with Gasteiger partial charge < -0.3 is 14.5 Å². The average Bonchev–Trinajstić information content (AvgIpc) is 3.11. The van der Waals surface area contributed by atoms with Gasteiger partial charge in [0.2, 0.25) is 0 Å². The Morgan fingerprint density at radius 2 is 1.97 bits per heavy atom. The van der Waals surface area contributed by atoms with Crippen molar-refractivity contribution in [2.75, 3.05) is 13.7 Å². The van der Waals surface area contributed by atoms with Gasteiger partial charge in [0.15, 0.2) is 17.3 Å². The molecule has 4 rings (SSSR count). The van der Waals surface area contributed by atoms with Crippen LogP contribution in [0.3, 0.4) is 0 Å². The van der Waals surface area contributed by atoms with Crippen molar-refractivity contribution in [3.05, 3.63) is 75.1 Å². The number of aryl methyl sites for hydroxylation is 1. The molecule has 2 aromatic heterocycles. The molecule has 0 bridgehead atoms. The molecule has 0 aliphatic rings. The number of thiophene rings is 1. The van der Waals surface area contributed by atoms with E-state index in [0.717, 1.165) is 21.6 Å². The van der Waals surface area contributed by atoms with Crippen LogP contribution in [0.15, 0.2) is 53.3 Å². The van der Waals surface area contributed by atoms with Gasteiger partial charge in [-0.2, -0.15) is 0 Å². The summed E-state index contributed by atoms with van der Waals surface area (Å²) in [6.07, 6.45) is 1.74. The highest BCUT2D eigenvalue weighted by atomic mass is 35.5. The summed E-state index contributed by atoms with van der Waals surface area (Å²) in [6.45, 7) is 4.46. The Bertz CT molecular complexity index is 1330. The minimum atomic E-state index is -0.209. The first-order valence-corrected chi connectivity index (χ1v) is 11.0. The second-order valence-corrected chi connectivity index (χ2v) is 8.44. The van der Waals surface area contributed by atoms with Gasteiger partial charge in [0.05, 0.1) is 24.1 Å². The fourth-order valence-corrected chi connectivity index (χ4v) is 4.71. The van der Waals surface area contributed by atoms with E-state index >= 15 is 0 Å². The van der Waals surface area contributed by atoms with E-state index in [1.54, 1.807) is 13.2 Å². The van der Waals surface area contributed by atoms with Crippen LogP contribution in [0.5, 0.6) is 11.5 Å². The lowest BCUT2D eigenvalue weighted by molar-refractivity contribution is 0.311. The van der Waals surface area contributed by atoms with Gasteiger partial charge in [-0.05, 0) is 43.2 Å². The van der Waals surface area contributed by atoms with Gasteiger partial charge in [-0.1, -0.05) is 48.0 Å². The second kappa shape index (κ2) is 8.96. The van der Waals surface area contributed by atoms with E-state index < -0.39 is 0 Å². The number of methoxy groups -OCH3 is 1. The summed E-state index contributed by atoms with van der Waals surface area (Å²) in [4.78, 5) is 22.1. The number of ether oxygens (including phenoxy) is 2. The summed E-state index contributed by atoms with van der Waals surface area (Å²) in [5.41, 5.74) is 2.51. The van der Waals surface area contributed by atoms with Crippen molar-refractivity contribution in [3.63, 3.8) is 0 Å². The van der Waals surface area contributed by atoms with Crippen molar-refractivity contribution < 1.29 is 9.47 Å². The van der Waals surface area contributed by atoms with Crippen LogP contribution in [0.25, 0.3) is 32.5 Å². The molecule has 0 radical (unpaired) electrons. The normalized spacial score (nSPS) is 11.7. The van der Waals surface area contributed by atoms with Crippen LogP contribution in [0.2, 0.25) is 0 Å². The maximum atomic E-state index is 13.0. The number of nitrogens with one attached hydrogen (secondary N) is 1. The van der Waals surface area contributed by atoms with E-state index in [1.165, 1.54) is 11.3 Å². The minimum absolute atomic E-state index is 0.209. The van der Waals surface area contributed by atoms with Crippen LogP contribution in [0.1, 0.15) is 23.2 Å². The van der Waals surface area contributed by atoms with Crippen LogP contribution in [0.4, 0.5) is 0 Å². The molecule has 1 N–H and O–H groups in total. The number of rotatable bonds is 6. The van der Waals surface area contributed by atoms with Crippen LogP contribution in [-0.2, 0) is 0 Å². The molecule has 0 saturated carbocycles. The molecule has 2 aromatic carbocycles. The maximum Gasteiger partial charge on any atom is 0.260 e. The topological polar surface area (TPSA) is 64.2 Å². The Morgan fingerprint density at radius 3 is 2.68 bits per heavy atom. The van der Waals surface area contributed by atoms with Gasteiger partial charge in [0, 0.05) is 10.4 Å². The third kappa shape index (κ3) is 4.22. The highest BCUT2D eigenvalue weighted by Gasteiger charge is 2.17. The van der Waals surface area contributed by atoms with Crippen molar-refractivity contribution in [1.82, 2.24) is 9.97 Å². The van der Waals surface area contributed by atoms with E-state index in [-0.39, 0.29) is 5.56 Å². The third-order valence-electron chi connectivity index (χ3n) is 4.81. The van der Waals surface area contributed by atoms with Crippen molar-refractivity contribution in [2.45, 2.75) is 13.8 Å². The third-order valence-corrected chi connectivity index (χ3v) is 6.09. The van der Waals surface area contributed by atoms with Crippen molar-refractivity contribution in [3.8, 4) is 22.6 Å². The fourth-order valence-electron chi connectivity index (χ4n) is 3.45. The number of benzene rings is 2. The molecule has 0 amide bonds. The number of fused-ring (bicyclic) bond motifs is 1. The van der Waals surface area contributed by atoms with E-state index in [9.17, 15) is 4.79 Å². The lowest BCUT2D eigenvalue weighted by Crippen LogP contribution is -2.10. The summed E-state index contributed by atoms with van der Waals surface area (Å²) in [6, 6.07) is 15.4. The highest BCUT2D eigenvalue weighted by Crippen LogP contribution is 2.36. The second-order valence-electron chi connectivity index (χ2n) is 6.83. The Balaban J connectivity index is 1.76. The number of hydrogen-bond donors (Lipinski definition) is 1. The lowest BCUT2D eigenvalue weighted by atomic mass is 10.0. The Labute approximate surface area is 188 Å². The number of hydrogen-bond acceptors (Lipinski definition) is 5. The number of nitrogens with zero attached hydrogens (tertiary/aromatic N) is 1. The van der Waals surface area contributed by atoms with Gasteiger partial charge in [0.25, 0.3) is 5.56 Å². The zero-order valence-corrected chi connectivity index (χ0v) is 18.9. The van der Waals surface area contributed by atoms with Crippen LogP contribution < -0.4 is 15.0 Å². The van der Waals surface area contributed by atoms with Gasteiger partial charge >= 0.3 is 0 Å². The number of halogens is 1. The summed E-state index contributed by atoms with van der Waals surface area (Å²) >= 11 is 8.02. The van der Waals surface area contributed by atoms with Crippen molar-refractivity contribution in [1.29, 1.82) is 0 Å². The van der Waals surface area contributed by atoms with Crippen LogP contribution in [0, 0.1) is 6.92 Å². The zero-order chi connectivity index (χ0) is 22.0. The molecule has 0 fully saturated rings. The molecular formula is C24H21ClN2O3S. The molecule has 31 heavy (non-hydrogen) atoms. The number of aromatic nitrogens is 2. The standard InChI is InChI=1S/C24H21ClN2O3S/c1-4-30-18-11-10-15(13-19(18)29-3)12-17(25)22-26-23(28)21-20(14(2)31-24(21)27-22)16-8-6-5-7-9-16/h5-13H,4H2,1-3H3,(H,26,27,28)/b17-12-. The largest absolute Gasteiger partial charge is 0.493 e. The van der Waals surface area contributed by atoms with Gasteiger partial charge in [-0.25, -0.2) is 4.98 Å².